The number of nitrogens with two attached hydrogens (primary N) is 1. The van der Waals surface area contributed by atoms with Crippen molar-refractivity contribution in [1.82, 2.24) is 0 Å². The Morgan fingerprint density at radius 3 is 2.68 bits per heavy atom. The van der Waals surface area contributed by atoms with E-state index in [0.717, 1.165) is 12.2 Å². The second-order valence-electron chi connectivity index (χ2n) is 4.82. The summed E-state index contributed by atoms with van der Waals surface area (Å²) in [4.78, 5) is 9.23. The first-order valence-corrected chi connectivity index (χ1v) is 7.19. The molecule has 1 aromatic heterocycles. The van der Waals surface area contributed by atoms with Gasteiger partial charge in [-0.2, -0.15) is 0 Å². The van der Waals surface area contributed by atoms with Crippen molar-refractivity contribution in [3.63, 3.8) is 0 Å². The highest BCUT2D eigenvalue weighted by molar-refractivity contribution is 7.12. The minimum atomic E-state index is 0.236. The summed E-state index contributed by atoms with van der Waals surface area (Å²) in [5.74, 6) is 0.616. The van der Waals surface area contributed by atoms with Crippen LogP contribution in [0, 0.1) is 13.8 Å². The Balaban J connectivity index is 2.02. The number of hydrogen-bond acceptors (Lipinski definition) is 4. The third-order valence-corrected chi connectivity index (χ3v) is 4.55. The van der Waals surface area contributed by atoms with Crippen LogP contribution in [0.5, 0.6) is 0 Å². The van der Waals surface area contributed by atoms with Gasteiger partial charge in [-0.05, 0) is 37.6 Å². The minimum Gasteiger partial charge on any atom is -0.369 e. The molecule has 1 aliphatic heterocycles. The van der Waals surface area contributed by atoms with Gasteiger partial charge in [0.25, 0.3) is 0 Å². The van der Waals surface area contributed by atoms with Crippen molar-refractivity contribution in [2.24, 2.45) is 10.7 Å². The predicted molar refractivity (Wildman–Crippen MR) is 81.9 cm³/mol. The molecule has 0 spiro atoms. The van der Waals surface area contributed by atoms with Crippen LogP contribution in [0.25, 0.3) is 0 Å². The molecule has 4 heteroatoms. The second-order valence-corrected chi connectivity index (χ2v) is 6.14. The fourth-order valence-electron chi connectivity index (χ4n) is 2.47. The smallest absolute Gasteiger partial charge is 0.196 e. The molecule has 0 fully saturated rings. The molecule has 0 radical (unpaired) electrons. The van der Waals surface area contributed by atoms with Gasteiger partial charge in [-0.25, -0.2) is 0 Å². The molecule has 0 amide bonds. The second kappa shape index (κ2) is 4.70. The van der Waals surface area contributed by atoms with E-state index in [0.29, 0.717) is 5.96 Å². The zero-order valence-corrected chi connectivity index (χ0v) is 11.9. The van der Waals surface area contributed by atoms with E-state index in [1.165, 1.54) is 15.3 Å². The van der Waals surface area contributed by atoms with E-state index in [9.17, 15) is 0 Å². The highest BCUT2D eigenvalue weighted by atomic mass is 32.1. The topological polar surface area (TPSA) is 41.6 Å². The monoisotopic (exact) mass is 271 g/mol. The first-order chi connectivity index (χ1) is 9.16. The number of aliphatic imine (C=N–C) groups is 1. The number of anilines is 1. The number of hydrogen-bond donors (Lipinski definition) is 1. The number of aryl methyl sites for hydroxylation is 2. The molecule has 3 rings (SSSR count). The molecule has 0 saturated heterocycles. The molecule has 98 valence electrons. The van der Waals surface area contributed by atoms with Crippen LogP contribution in [0.15, 0.2) is 41.4 Å². The lowest BCUT2D eigenvalue weighted by Crippen LogP contribution is -2.36. The lowest BCUT2D eigenvalue weighted by Gasteiger charge is -2.27. The fourth-order valence-corrected chi connectivity index (χ4v) is 3.43. The maximum Gasteiger partial charge on any atom is 0.196 e. The number of thiophene rings is 1. The molecule has 3 nitrogen and oxygen atoms in total. The van der Waals surface area contributed by atoms with Gasteiger partial charge in [0.1, 0.15) is 0 Å². The van der Waals surface area contributed by atoms with Crippen LogP contribution in [0.4, 0.5) is 5.69 Å². The van der Waals surface area contributed by atoms with Gasteiger partial charge in [0.2, 0.25) is 0 Å². The summed E-state index contributed by atoms with van der Waals surface area (Å²) in [6, 6.07) is 12.9. The van der Waals surface area contributed by atoms with E-state index in [1.807, 2.05) is 23.5 Å². The predicted octanol–water partition coefficient (Wildman–Crippen LogP) is 3.24. The number of para-hydroxylation sites is 1. The zero-order chi connectivity index (χ0) is 13.4. The summed E-state index contributed by atoms with van der Waals surface area (Å²) < 4.78 is 0. The Bertz CT molecular complexity index is 630. The number of guanidine groups is 1. The molecule has 1 aromatic carbocycles. The first-order valence-electron chi connectivity index (χ1n) is 6.38. The lowest BCUT2D eigenvalue weighted by atomic mass is 10.1. The number of nitrogens with zero attached hydrogens (tertiary/aromatic N) is 2. The summed E-state index contributed by atoms with van der Waals surface area (Å²) in [5.41, 5.74) is 8.47. The number of rotatable bonds is 2. The highest BCUT2D eigenvalue weighted by Crippen LogP contribution is 2.35. The van der Waals surface area contributed by atoms with Gasteiger partial charge in [-0.3, -0.25) is 4.99 Å². The van der Waals surface area contributed by atoms with Gasteiger partial charge in [0.15, 0.2) is 5.96 Å². The standard InChI is InChI=1S/C15H17N3S/c1-10-5-3-4-6-12(10)18-13(9-17-15(18)16)14-8-7-11(2)19-14/h3-8,13H,9H2,1-2H3,(H2,16,17). The SMILES string of the molecule is Cc1ccc(C2CN=C(N)N2c2ccccc2C)s1. The normalized spacial score (nSPS) is 18.7. The summed E-state index contributed by atoms with van der Waals surface area (Å²) in [6.07, 6.45) is 0. The summed E-state index contributed by atoms with van der Waals surface area (Å²) >= 11 is 1.82. The van der Waals surface area contributed by atoms with Crippen molar-refractivity contribution in [1.29, 1.82) is 0 Å². The number of benzene rings is 1. The molecule has 0 saturated carbocycles. The maximum absolute atomic E-state index is 6.09. The molecule has 0 bridgehead atoms. The molecule has 2 heterocycles. The van der Waals surface area contributed by atoms with Gasteiger partial charge >= 0.3 is 0 Å². The van der Waals surface area contributed by atoms with E-state index in [1.54, 1.807) is 0 Å². The Morgan fingerprint density at radius 2 is 2.00 bits per heavy atom. The zero-order valence-electron chi connectivity index (χ0n) is 11.1. The highest BCUT2D eigenvalue weighted by Gasteiger charge is 2.30. The van der Waals surface area contributed by atoms with Crippen LogP contribution in [0.3, 0.4) is 0 Å². The third kappa shape index (κ3) is 2.12. The average molecular weight is 271 g/mol. The molecule has 1 unspecified atom stereocenters. The largest absolute Gasteiger partial charge is 0.369 e. The Labute approximate surface area is 117 Å². The molecular formula is C15H17N3S. The van der Waals surface area contributed by atoms with Crippen molar-refractivity contribution < 1.29 is 0 Å². The van der Waals surface area contributed by atoms with Crippen LogP contribution in [0.1, 0.15) is 21.4 Å². The molecule has 0 aliphatic carbocycles. The van der Waals surface area contributed by atoms with E-state index in [2.05, 4.69) is 48.0 Å². The molecule has 1 atom stereocenters. The third-order valence-electron chi connectivity index (χ3n) is 3.45. The summed E-state index contributed by atoms with van der Waals surface area (Å²) in [5, 5.41) is 0. The van der Waals surface area contributed by atoms with Crippen LogP contribution >= 0.6 is 11.3 Å². The first kappa shape index (κ1) is 12.2. The quantitative estimate of drug-likeness (QED) is 0.911. The maximum atomic E-state index is 6.09. The van der Waals surface area contributed by atoms with Crippen molar-refractivity contribution >= 4 is 23.0 Å². The van der Waals surface area contributed by atoms with Crippen molar-refractivity contribution in [2.75, 3.05) is 11.4 Å². The molecule has 2 aromatic rings. The Kier molecular flexibility index (Phi) is 3.03. The minimum absolute atomic E-state index is 0.236. The Morgan fingerprint density at radius 1 is 1.21 bits per heavy atom. The lowest BCUT2D eigenvalue weighted by molar-refractivity contribution is 0.783. The molecule has 2 N–H and O–H groups in total. The van der Waals surface area contributed by atoms with Crippen molar-refractivity contribution in [3.8, 4) is 0 Å². The molecular weight excluding hydrogens is 254 g/mol. The van der Waals surface area contributed by atoms with Crippen molar-refractivity contribution in [3.05, 3.63) is 51.7 Å². The van der Waals surface area contributed by atoms with E-state index >= 15 is 0 Å². The van der Waals surface area contributed by atoms with Gasteiger partial charge < -0.3 is 10.6 Å². The van der Waals surface area contributed by atoms with E-state index < -0.39 is 0 Å². The van der Waals surface area contributed by atoms with Crippen LogP contribution in [-0.2, 0) is 0 Å². The molecule has 19 heavy (non-hydrogen) atoms. The summed E-state index contributed by atoms with van der Waals surface area (Å²) in [6.45, 7) is 4.98. The Hall–Kier alpha value is -1.81. The summed E-state index contributed by atoms with van der Waals surface area (Å²) in [7, 11) is 0. The van der Waals surface area contributed by atoms with Crippen LogP contribution in [0.2, 0.25) is 0 Å². The molecule has 1 aliphatic rings. The van der Waals surface area contributed by atoms with Gasteiger partial charge in [-0.1, -0.05) is 18.2 Å². The van der Waals surface area contributed by atoms with Crippen LogP contribution < -0.4 is 10.6 Å². The average Bonchev–Trinajstić information content (AvgIpc) is 2.96. The fraction of sp³-hybridized carbons (Fsp3) is 0.267. The van der Waals surface area contributed by atoms with E-state index in [-0.39, 0.29) is 6.04 Å². The van der Waals surface area contributed by atoms with E-state index in [4.69, 9.17) is 5.73 Å². The van der Waals surface area contributed by atoms with Gasteiger partial charge in [-0.15, -0.1) is 11.3 Å². The van der Waals surface area contributed by atoms with Crippen molar-refractivity contribution in [2.45, 2.75) is 19.9 Å². The van der Waals surface area contributed by atoms with Crippen LogP contribution in [-0.4, -0.2) is 12.5 Å². The van der Waals surface area contributed by atoms with Gasteiger partial charge in [0.05, 0.1) is 12.6 Å². The van der Waals surface area contributed by atoms with Gasteiger partial charge in [0, 0.05) is 15.4 Å².